The number of esters is 3. The van der Waals surface area contributed by atoms with E-state index in [-0.39, 0.29) is 30.3 Å². The van der Waals surface area contributed by atoms with Crippen LogP contribution in [0.3, 0.4) is 0 Å². The average molecular weight is 466 g/mol. The summed E-state index contributed by atoms with van der Waals surface area (Å²) in [6.45, 7) is 11.6. The van der Waals surface area contributed by atoms with E-state index in [1.807, 2.05) is 0 Å². The minimum absolute atomic E-state index is 0.00720. The molecule has 0 fully saturated rings. The minimum atomic E-state index is -1.76. The standard InChI is InChI=1S/C24H35NO8/c1-13(2)20(26)31-16(7)11-24(25,23(29)30)12-17-8-9-18(32-21(27)14(3)4)19(10-17)33-22(28)15(5)6/h8-10,13-16H,11-12,25H2,1-7H3,(H,29,30)/t16-,24?/m0/s1. The predicted octanol–water partition coefficient (Wildman–Crippen LogP) is 3.11. The molecule has 0 saturated heterocycles. The van der Waals surface area contributed by atoms with Crippen LogP contribution in [0.2, 0.25) is 0 Å². The molecule has 0 aliphatic heterocycles. The minimum Gasteiger partial charge on any atom is -0.480 e. The van der Waals surface area contributed by atoms with Gasteiger partial charge in [0.25, 0.3) is 0 Å². The molecule has 1 unspecified atom stereocenters. The summed E-state index contributed by atoms with van der Waals surface area (Å²) in [7, 11) is 0. The summed E-state index contributed by atoms with van der Waals surface area (Å²) in [5, 5.41) is 9.79. The molecular formula is C24H35NO8. The van der Waals surface area contributed by atoms with Crippen LogP contribution in [-0.4, -0.2) is 40.6 Å². The van der Waals surface area contributed by atoms with Gasteiger partial charge in [0.15, 0.2) is 11.5 Å². The highest BCUT2D eigenvalue weighted by Gasteiger charge is 2.37. The fraction of sp³-hybridized carbons (Fsp3) is 0.583. The zero-order valence-corrected chi connectivity index (χ0v) is 20.3. The Balaban J connectivity index is 3.22. The van der Waals surface area contributed by atoms with Gasteiger partial charge in [0.1, 0.15) is 11.6 Å². The monoisotopic (exact) mass is 465 g/mol. The summed E-state index contributed by atoms with van der Waals surface area (Å²) < 4.78 is 16.0. The lowest BCUT2D eigenvalue weighted by molar-refractivity contribution is -0.156. The van der Waals surface area contributed by atoms with Gasteiger partial charge in [-0.2, -0.15) is 0 Å². The number of carboxylic acids is 1. The lowest BCUT2D eigenvalue weighted by Gasteiger charge is -2.28. The second kappa shape index (κ2) is 11.8. The van der Waals surface area contributed by atoms with Crippen LogP contribution in [0.1, 0.15) is 60.5 Å². The molecule has 0 amide bonds. The maximum Gasteiger partial charge on any atom is 0.324 e. The normalized spacial score (nSPS) is 14.0. The number of carbonyl (C=O) groups is 4. The van der Waals surface area contributed by atoms with Gasteiger partial charge < -0.3 is 25.1 Å². The Morgan fingerprint density at radius 3 is 1.79 bits per heavy atom. The molecule has 0 saturated carbocycles. The Bertz CT molecular complexity index is 877. The molecule has 0 spiro atoms. The van der Waals surface area contributed by atoms with E-state index in [0.29, 0.717) is 5.56 Å². The maximum absolute atomic E-state index is 12.2. The molecule has 9 heteroatoms. The first-order valence-electron chi connectivity index (χ1n) is 10.9. The van der Waals surface area contributed by atoms with Crippen molar-refractivity contribution in [2.75, 3.05) is 0 Å². The molecule has 0 bridgehead atoms. The summed E-state index contributed by atoms with van der Waals surface area (Å²) in [5.74, 6) is -3.94. The van der Waals surface area contributed by atoms with Crippen LogP contribution in [0, 0.1) is 17.8 Å². The van der Waals surface area contributed by atoms with E-state index >= 15 is 0 Å². The van der Waals surface area contributed by atoms with Gasteiger partial charge >= 0.3 is 23.9 Å². The van der Waals surface area contributed by atoms with Crippen molar-refractivity contribution in [2.45, 2.75) is 73.0 Å². The number of rotatable bonds is 11. The molecule has 2 atom stereocenters. The molecule has 0 aliphatic carbocycles. The highest BCUT2D eigenvalue weighted by Crippen LogP contribution is 2.32. The van der Waals surface area contributed by atoms with E-state index in [2.05, 4.69) is 0 Å². The highest BCUT2D eigenvalue weighted by molar-refractivity contribution is 5.80. The molecule has 1 aromatic carbocycles. The molecule has 0 heterocycles. The topological polar surface area (TPSA) is 142 Å². The number of aliphatic carboxylic acids is 1. The fourth-order valence-electron chi connectivity index (χ4n) is 2.77. The smallest absolute Gasteiger partial charge is 0.324 e. The number of carboxylic acid groups (broad SMARTS) is 1. The predicted molar refractivity (Wildman–Crippen MR) is 121 cm³/mol. The highest BCUT2D eigenvalue weighted by atomic mass is 16.6. The van der Waals surface area contributed by atoms with Gasteiger partial charge in [0.2, 0.25) is 0 Å². The lowest BCUT2D eigenvalue weighted by Crippen LogP contribution is -2.52. The van der Waals surface area contributed by atoms with Gasteiger partial charge in [0, 0.05) is 12.8 Å². The molecular weight excluding hydrogens is 430 g/mol. The number of nitrogens with two attached hydrogens (primary N) is 1. The van der Waals surface area contributed by atoms with Crippen molar-refractivity contribution in [3.63, 3.8) is 0 Å². The Kier molecular flexibility index (Phi) is 10.0. The van der Waals surface area contributed by atoms with Crippen molar-refractivity contribution in [3.05, 3.63) is 23.8 Å². The molecule has 3 N–H and O–H groups in total. The van der Waals surface area contributed by atoms with Crippen molar-refractivity contribution in [1.82, 2.24) is 0 Å². The van der Waals surface area contributed by atoms with Crippen molar-refractivity contribution in [3.8, 4) is 11.5 Å². The summed E-state index contributed by atoms with van der Waals surface area (Å²) in [6, 6.07) is 4.41. The average Bonchev–Trinajstić information content (AvgIpc) is 2.68. The van der Waals surface area contributed by atoms with E-state index in [4.69, 9.17) is 19.9 Å². The van der Waals surface area contributed by atoms with E-state index in [1.165, 1.54) is 12.1 Å². The van der Waals surface area contributed by atoms with E-state index < -0.39 is 47.4 Å². The quantitative estimate of drug-likeness (QED) is 0.372. The number of carbonyl (C=O) groups excluding carboxylic acids is 3. The first-order chi connectivity index (χ1) is 15.2. The first kappa shape index (κ1) is 28.1. The lowest BCUT2D eigenvalue weighted by atomic mass is 9.86. The summed E-state index contributed by atoms with van der Waals surface area (Å²) in [6.07, 6.45) is -1.01. The number of hydrogen-bond acceptors (Lipinski definition) is 8. The zero-order valence-electron chi connectivity index (χ0n) is 20.3. The molecule has 33 heavy (non-hydrogen) atoms. The number of ether oxygens (including phenoxy) is 3. The zero-order chi connectivity index (χ0) is 25.5. The van der Waals surface area contributed by atoms with Crippen LogP contribution in [-0.2, 0) is 30.3 Å². The van der Waals surface area contributed by atoms with E-state index in [9.17, 15) is 24.3 Å². The molecule has 0 radical (unpaired) electrons. The Morgan fingerprint density at radius 1 is 0.848 bits per heavy atom. The molecule has 1 rings (SSSR count). The van der Waals surface area contributed by atoms with Crippen LogP contribution in [0.4, 0.5) is 0 Å². The summed E-state index contributed by atoms with van der Waals surface area (Å²) >= 11 is 0. The third-order valence-electron chi connectivity index (χ3n) is 4.76. The SMILES string of the molecule is CC(C)C(=O)Oc1ccc(CC(N)(C[C@H](C)OC(=O)C(C)C)C(=O)O)cc1OC(=O)C(C)C. The van der Waals surface area contributed by atoms with Crippen molar-refractivity contribution >= 4 is 23.9 Å². The first-order valence-corrected chi connectivity index (χ1v) is 10.9. The maximum atomic E-state index is 12.2. The van der Waals surface area contributed by atoms with Crippen LogP contribution in [0.25, 0.3) is 0 Å². The number of benzene rings is 1. The molecule has 0 aliphatic rings. The summed E-state index contributed by atoms with van der Waals surface area (Å²) in [4.78, 5) is 48.0. The molecule has 9 nitrogen and oxygen atoms in total. The van der Waals surface area contributed by atoms with Crippen LogP contribution >= 0.6 is 0 Å². The van der Waals surface area contributed by atoms with Crippen LogP contribution in [0.15, 0.2) is 18.2 Å². The van der Waals surface area contributed by atoms with Gasteiger partial charge in [-0.25, -0.2) is 0 Å². The van der Waals surface area contributed by atoms with Gasteiger partial charge in [-0.05, 0) is 24.6 Å². The summed E-state index contributed by atoms with van der Waals surface area (Å²) in [5.41, 5.74) is 4.88. The fourth-order valence-corrected chi connectivity index (χ4v) is 2.77. The Hall–Kier alpha value is -2.94. The third-order valence-corrected chi connectivity index (χ3v) is 4.76. The van der Waals surface area contributed by atoms with Gasteiger partial charge in [-0.15, -0.1) is 0 Å². The van der Waals surface area contributed by atoms with Crippen molar-refractivity contribution < 1.29 is 38.5 Å². The molecule has 184 valence electrons. The second-order valence-corrected chi connectivity index (χ2v) is 9.18. The van der Waals surface area contributed by atoms with Crippen LogP contribution in [0.5, 0.6) is 11.5 Å². The van der Waals surface area contributed by atoms with Crippen molar-refractivity contribution in [1.29, 1.82) is 0 Å². The third kappa shape index (κ3) is 8.49. The molecule has 0 aromatic heterocycles. The van der Waals surface area contributed by atoms with Crippen LogP contribution < -0.4 is 15.2 Å². The van der Waals surface area contributed by atoms with Gasteiger partial charge in [0.05, 0.1) is 17.8 Å². The van der Waals surface area contributed by atoms with E-state index in [0.717, 1.165) is 0 Å². The van der Waals surface area contributed by atoms with Gasteiger partial charge in [-0.1, -0.05) is 47.6 Å². The Morgan fingerprint density at radius 2 is 1.33 bits per heavy atom. The Labute approximate surface area is 194 Å². The van der Waals surface area contributed by atoms with Gasteiger partial charge in [-0.3, -0.25) is 19.2 Å². The molecule has 1 aromatic rings. The van der Waals surface area contributed by atoms with Crippen molar-refractivity contribution in [2.24, 2.45) is 23.5 Å². The largest absolute Gasteiger partial charge is 0.480 e. The second-order valence-electron chi connectivity index (χ2n) is 9.18. The number of hydrogen-bond donors (Lipinski definition) is 2. The van der Waals surface area contributed by atoms with E-state index in [1.54, 1.807) is 54.5 Å².